The van der Waals surface area contributed by atoms with Crippen molar-refractivity contribution in [1.29, 1.82) is 0 Å². The van der Waals surface area contributed by atoms with Crippen molar-refractivity contribution in [3.63, 3.8) is 0 Å². The standard InChI is InChI=1S/C28H34N4O4/c1-19-26-10-11-32(15-21(26)8-9-27(19)35-17-25-14-29-18-36-25)16-24(33)13-30-28(34)20-4-2-7-23(12-20)31-22-5-3-6-22/h2,4,7-9,12,14,18,22,24,31,33H,3,5-6,10-11,13,15-17H2,1H3,(H,30,34). The molecule has 3 N–H and O–H groups in total. The monoisotopic (exact) mass is 490 g/mol. The summed E-state index contributed by atoms with van der Waals surface area (Å²) in [7, 11) is 0. The largest absolute Gasteiger partial charge is 0.485 e. The van der Waals surface area contributed by atoms with E-state index in [0.29, 0.717) is 30.5 Å². The lowest BCUT2D eigenvalue weighted by Crippen LogP contribution is -2.42. The number of carbonyl (C=O) groups is 1. The number of nitrogens with zero attached hydrogens (tertiary/aromatic N) is 2. The van der Waals surface area contributed by atoms with Crippen LogP contribution in [-0.2, 0) is 19.6 Å². The second-order valence-corrected chi connectivity index (χ2v) is 9.78. The van der Waals surface area contributed by atoms with Gasteiger partial charge in [0, 0.05) is 43.5 Å². The normalized spacial score (nSPS) is 16.6. The number of aliphatic hydroxyl groups excluding tert-OH is 1. The molecular weight excluding hydrogens is 456 g/mol. The first-order chi connectivity index (χ1) is 17.5. The van der Waals surface area contributed by atoms with Crippen molar-refractivity contribution in [3.8, 4) is 5.75 Å². The van der Waals surface area contributed by atoms with Crippen LogP contribution in [0.2, 0.25) is 0 Å². The molecule has 2 aromatic carbocycles. The maximum Gasteiger partial charge on any atom is 0.251 e. The van der Waals surface area contributed by atoms with E-state index in [1.165, 1.54) is 36.8 Å². The maximum atomic E-state index is 12.6. The summed E-state index contributed by atoms with van der Waals surface area (Å²) in [5.74, 6) is 1.38. The summed E-state index contributed by atoms with van der Waals surface area (Å²) in [4.78, 5) is 18.8. The molecule has 8 heteroatoms. The zero-order valence-corrected chi connectivity index (χ0v) is 20.7. The summed E-state index contributed by atoms with van der Waals surface area (Å²) in [6, 6.07) is 12.2. The molecule has 36 heavy (non-hydrogen) atoms. The Morgan fingerprint density at radius 3 is 2.97 bits per heavy atom. The highest BCUT2D eigenvalue weighted by Crippen LogP contribution is 2.30. The number of fused-ring (bicyclic) bond motifs is 1. The number of oxazole rings is 1. The van der Waals surface area contributed by atoms with Gasteiger partial charge in [-0.1, -0.05) is 12.1 Å². The van der Waals surface area contributed by atoms with Gasteiger partial charge < -0.3 is 24.9 Å². The molecule has 1 aromatic heterocycles. The van der Waals surface area contributed by atoms with Gasteiger partial charge in [0.25, 0.3) is 5.91 Å². The second kappa shape index (κ2) is 11.1. The third-order valence-electron chi connectivity index (χ3n) is 7.14. The third kappa shape index (κ3) is 5.88. The Morgan fingerprint density at radius 2 is 2.19 bits per heavy atom. The number of β-amino-alcohol motifs (C(OH)–C–C–N with tert-alkyl or cyclic N) is 1. The number of hydrogen-bond acceptors (Lipinski definition) is 7. The molecule has 190 valence electrons. The highest BCUT2D eigenvalue weighted by molar-refractivity contribution is 5.95. The zero-order valence-electron chi connectivity index (χ0n) is 20.7. The van der Waals surface area contributed by atoms with E-state index in [1.54, 1.807) is 12.3 Å². The Bertz CT molecular complexity index is 1180. The summed E-state index contributed by atoms with van der Waals surface area (Å²) in [5, 5.41) is 17.0. The van der Waals surface area contributed by atoms with Gasteiger partial charge in [0.05, 0.1) is 12.3 Å². The van der Waals surface area contributed by atoms with Crippen LogP contribution in [0.25, 0.3) is 0 Å². The Balaban J connectivity index is 1.10. The van der Waals surface area contributed by atoms with Gasteiger partial charge in [-0.25, -0.2) is 4.98 Å². The average Bonchev–Trinajstić information content (AvgIpc) is 3.38. The number of aliphatic hydroxyl groups is 1. The number of amides is 1. The van der Waals surface area contributed by atoms with Crippen LogP contribution in [0.15, 0.2) is 53.4 Å². The third-order valence-corrected chi connectivity index (χ3v) is 7.14. The molecule has 1 amide bonds. The minimum Gasteiger partial charge on any atom is -0.485 e. The molecule has 8 nitrogen and oxygen atoms in total. The highest BCUT2D eigenvalue weighted by Gasteiger charge is 2.22. The minimum atomic E-state index is -0.641. The molecule has 1 aliphatic carbocycles. The number of nitrogens with one attached hydrogen (secondary N) is 2. The van der Waals surface area contributed by atoms with Crippen LogP contribution in [0.3, 0.4) is 0 Å². The van der Waals surface area contributed by atoms with Crippen molar-refractivity contribution in [2.24, 2.45) is 0 Å². The van der Waals surface area contributed by atoms with Crippen LogP contribution < -0.4 is 15.4 Å². The number of benzene rings is 2. The fourth-order valence-electron chi connectivity index (χ4n) is 4.87. The molecule has 3 aromatic rings. The Kier molecular flexibility index (Phi) is 7.53. The molecule has 2 heterocycles. The molecule has 1 fully saturated rings. The van der Waals surface area contributed by atoms with E-state index in [4.69, 9.17) is 9.15 Å². The molecule has 0 spiro atoms. The van der Waals surface area contributed by atoms with Crippen molar-refractivity contribution in [1.82, 2.24) is 15.2 Å². The first-order valence-corrected chi connectivity index (χ1v) is 12.7. The Labute approximate surface area is 211 Å². The maximum absolute atomic E-state index is 12.6. The molecule has 1 atom stereocenters. The molecule has 0 saturated heterocycles. The molecule has 1 aliphatic heterocycles. The second-order valence-electron chi connectivity index (χ2n) is 9.78. The SMILES string of the molecule is Cc1c(OCc2cnco2)ccc2c1CCN(CC(O)CNC(=O)c1cccc(NC3CCC3)c1)C2. The number of anilines is 1. The number of hydrogen-bond donors (Lipinski definition) is 3. The van der Waals surface area contributed by atoms with Crippen LogP contribution in [0, 0.1) is 6.92 Å². The summed E-state index contributed by atoms with van der Waals surface area (Å²) in [6.45, 7) is 4.77. The van der Waals surface area contributed by atoms with Crippen LogP contribution in [-0.4, -0.2) is 52.7 Å². The number of ether oxygens (including phenoxy) is 1. The Morgan fingerprint density at radius 1 is 1.31 bits per heavy atom. The van der Waals surface area contributed by atoms with Gasteiger partial charge in [0.2, 0.25) is 0 Å². The fourth-order valence-corrected chi connectivity index (χ4v) is 4.87. The first-order valence-electron chi connectivity index (χ1n) is 12.7. The Hall–Kier alpha value is -3.36. The summed E-state index contributed by atoms with van der Waals surface area (Å²) in [5.41, 5.74) is 5.28. The van der Waals surface area contributed by atoms with E-state index in [0.717, 1.165) is 36.5 Å². The lowest BCUT2D eigenvalue weighted by Gasteiger charge is -2.31. The van der Waals surface area contributed by atoms with Gasteiger partial charge in [-0.05, 0) is 73.6 Å². The predicted molar refractivity (Wildman–Crippen MR) is 137 cm³/mol. The van der Waals surface area contributed by atoms with Crippen molar-refractivity contribution >= 4 is 11.6 Å². The van der Waals surface area contributed by atoms with E-state index in [2.05, 4.69) is 33.5 Å². The van der Waals surface area contributed by atoms with E-state index < -0.39 is 6.10 Å². The zero-order chi connectivity index (χ0) is 24.9. The van der Waals surface area contributed by atoms with E-state index in [-0.39, 0.29) is 12.5 Å². The van der Waals surface area contributed by atoms with Gasteiger partial charge in [-0.15, -0.1) is 0 Å². The molecule has 2 aliphatic rings. The van der Waals surface area contributed by atoms with Crippen LogP contribution in [0.4, 0.5) is 5.69 Å². The van der Waals surface area contributed by atoms with Crippen molar-refractivity contribution in [2.75, 3.05) is 25.0 Å². The average molecular weight is 491 g/mol. The number of aromatic nitrogens is 1. The molecular formula is C28H34N4O4. The van der Waals surface area contributed by atoms with Gasteiger partial charge in [0.15, 0.2) is 12.2 Å². The molecule has 1 saturated carbocycles. The van der Waals surface area contributed by atoms with E-state index >= 15 is 0 Å². The van der Waals surface area contributed by atoms with Gasteiger partial charge in [0.1, 0.15) is 12.4 Å². The van der Waals surface area contributed by atoms with Crippen LogP contribution in [0.5, 0.6) is 5.75 Å². The fraction of sp³-hybridized carbons (Fsp3) is 0.429. The first kappa shape index (κ1) is 24.3. The van der Waals surface area contributed by atoms with Gasteiger partial charge in [-0.2, -0.15) is 0 Å². The highest BCUT2D eigenvalue weighted by atomic mass is 16.5. The van der Waals surface area contributed by atoms with Crippen molar-refractivity contribution in [3.05, 3.63) is 77.0 Å². The number of carbonyl (C=O) groups excluding carboxylic acids is 1. The summed E-state index contributed by atoms with van der Waals surface area (Å²) in [6.07, 6.45) is 6.93. The smallest absolute Gasteiger partial charge is 0.251 e. The predicted octanol–water partition coefficient (Wildman–Crippen LogP) is 3.68. The van der Waals surface area contributed by atoms with Crippen LogP contribution in [0.1, 0.15) is 52.1 Å². The van der Waals surface area contributed by atoms with E-state index in [1.807, 2.05) is 24.3 Å². The molecule has 0 radical (unpaired) electrons. The van der Waals surface area contributed by atoms with Crippen molar-refractivity contribution < 1.29 is 19.1 Å². The van der Waals surface area contributed by atoms with E-state index in [9.17, 15) is 9.90 Å². The summed E-state index contributed by atoms with van der Waals surface area (Å²) >= 11 is 0. The number of rotatable bonds is 10. The topological polar surface area (TPSA) is 99.9 Å². The summed E-state index contributed by atoms with van der Waals surface area (Å²) < 4.78 is 11.2. The van der Waals surface area contributed by atoms with Crippen LogP contribution >= 0.6 is 0 Å². The lowest BCUT2D eigenvalue weighted by molar-refractivity contribution is 0.0841. The lowest BCUT2D eigenvalue weighted by atomic mass is 9.93. The van der Waals surface area contributed by atoms with Gasteiger partial charge >= 0.3 is 0 Å². The molecule has 5 rings (SSSR count). The quantitative estimate of drug-likeness (QED) is 0.399. The molecule has 1 unspecified atom stereocenters. The minimum absolute atomic E-state index is 0.163. The van der Waals surface area contributed by atoms with Crippen molar-refractivity contribution in [2.45, 2.75) is 57.9 Å². The van der Waals surface area contributed by atoms with Gasteiger partial charge in [-0.3, -0.25) is 9.69 Å². The molecule has 0 bridgehead atoms.